The Morgan fingerprint density at radius 2 is 1.29 bits per heavy atom. The first-order valence-corrected chi connectivity index (χ1v) is 13.2. The molecule has 0 saturated carbocycles. The molecular formula is C29H26N4O4S. The van der Waals surface area contributed by atoms with Crippen molar-refractivity contribution in [3.63, 3.8) is 0 Å². The number of hydrogen-bond donors (Lipinski definition) is 2. The zero-order valence-electron chi connectivity index (χ0n) is 20.8. The molecule has 4 aromatic carbocycles. The van der Waals surface area contributed by atoms with Crippen molar-refractivity contribution in [3.05, 3.63) is 126 Å². The molecule has 0 aliphatic carbocycles. The van der Waals surface area contributed by atoms with E-state index in [1.165, 1.54) is 31.3 Å². The number of carbonyl (C=O) groups is 2. The quantitative estimate of drug-likeness (QED) is 0.251. The van der Waals surface area contributed by atoms with E-state index in [1.807, 2.05) is 12.1 Å². The van der Waals surface area contributed by atoms with E-state index in [0.717, 1.165) is 9.87 Å². The number of benzene rings is 4. The molecule has 0 aliphatic rings. The third-order valence-electron chi connectivity index (χ3n) is 5.79. The molecule has 0 heterocycles. The molecule has 0 aliphatic heterocycles. The molecule has 0 spiro atoms. The van der Waals surface area contributed by atoms with Crippen LogP contribution < -0.4 is 15.0 Å². The molecule has 0 fully saturated rings. The normalized spacial score (nSPS) is 11.5. The van der Waals surface area contributed by atoms with Gasteiger partial charge in [0, 0.05) is 23.9 Å². The minimum Gasteiger partial charge on any atom is -0.322 e. The molecule has 192 valence electrons. The van der Waals surface area contributed by atoms with Crippen molar-refractivity contribution in [1.29, 1.82) is 0 Å². The summed E-state index contributed by atoms with van der Waals surface area (Å²) in [5.41, 5.74) is 5.66. The van der Waals surface area contributed by atoms with Gasteiger partial charge in [-0.2, -0.15) is 5.10 Å². The molecule has 4 aromatic rings. The summed E-state index contributed by atoms with van der Waals surface area (Å²) in [6.45, 7) is 1.74. The summed E-state index contributed by atoms with van der Waals surface area (Å²) < 4.78 is 26.8. The summed E-state index contributed by atoms with van der Waals surface area (Å²) in [5, 5.41) is 7.04. The first-order valence-electron chi connectivity index (χ1n) is 11.7. The minimum absolute atomic E-state index is 0.179. The van der Waals surface area contributed by atoms with Gasteiger partial charge in [-0.05, 0) is 73.2 Å². The molecule has 0 radical (unpaired) electrons. The zero-order chi connectivity index (χ0) is 27.1. The monoisotopic (exact) mass is 526 g/mol. The lowest BCUT2D eigenvalue weighted by Gasteiger charge is -2.19. The molecule has 9 heteroatoms. The topological polar surface area (TPSA) is 108 Å². The Bertz CT molecular complexity index is 1570. The summed E-state index contributed by atoms with van der Waals surface area (Å²) in [6, 6.07) is 30.4. The van der Waals surface area contributed by atoms with Crippen molar-refractivity contribution < 1.29 is 18.0 Å². The fourth-order valence-corrected chi connectivity index (χ4v) is 4.81. The largest absolute Gasteiger partial charge is 0.322 e. The van der Waals surface area contributed by atoms with Gasteiger partial charge >= 0.3 is 0 Å². The lowest BCUT2D eigenvalue weighted by atomic mass is 10.1. The van der Waals surface area contributed by atoms with E-state index < -0.39 is 15.9 Å². The molecule has 0 saturated heterocycles. The van der Waals surface area contributed by atoms with Crippen LogP contribution in [0.25, 0.3) is 0 Å². The van der Waals surface area contributed by atoms with E-state index in [0.29, 0.717) is 28.2 Å². The molecule has 4 rings (SSSR count). The number of sulfonamides is 1. The molecule has 0 unspecified atom stereocenters. The Labute approximate surface area is 221 Å². The molecule has 0 bridgehead atoms. The van der Waals surface area contributed by atoms with Crippen LogP contribution in [0.4, 0.5) is 11.4 Å². The highest BCUT2D eigenvalue weighted by molar-refractivity contribution is 7.92. The number of nitrogens with zero attached hydrogens (tertiary/aromatic N) is 2. The van der Waals surface area contributed by atoms with Crippen LogP contribution in [-0.2, 0) is 10.0 Å². The van der Waals surface area contributed by atoms with E-state index in [4.69, 9.17) is 0 Å². The van der Waals surface area contributed by atoms with Crippen LogP contribution in [0.5, 0.6) is 0 Å². The second-order valence-electron chi connectivity index (χ2n) is 8.37. The van der Waals surface area contributed by atoms with Gasteiger partial charge in [0.15, 0.2) is 0 Å². The van der Waals surface area contributed by atoms with E-state index in [-0.39, 0.29) is 10.8 Å². The Hall–Kier alpha value is -4.76. The molecular weight excluding hydrogens is 500 g/mol. The second-order valence-corrected chi connectivity index (χ2v) is 10.3. The highest BCUT2D eigenvalue weighted by atomic mass is 32.2. The molecule has 8 nitrogen and oxygen atoms in total. The summed E-state index contributed by atoms with van der Waals surface area (Å²) in [7, 11) is -2.26. The number of anilines is 2. The van der Waals surface area contributed by atoms with E-state index >= 15 is 0 Å². The van der Waals surface area contributed by atoms with Gasteiger partial charge in [-0.15, -0.1) is 0 Å². The number of nitrogens with one attached hydrogen (secondary N) is 2. The van der Waals surface area contributed by atoms with Crippen molar-refractivity contribution in [2.24, 2.45) is 5.10 Å². The van der Waals surface area contributed by atoms with Crippen LogP contribution in [0.2, 0.25) is 0 Å². The zero-order valence-corrected chi connectivity index (χ0v) is 21.6. The number of hydrogen-bond acceptors (Lipinski definition) is 5. The second kappa shape index (κ2) is 11.5. The number of rotatable bonds is 8. The van der Waals surface area contributed by atoms with Crippen molar-refractivity contribution in [3.8, 4) is 0 Å². The van der Waals surface area contributed by atoms with Crippen molar-refractivity contribution in [1.82, 2.24) is 5.43 Å². The van der Waals surface area contributed by atoms with Gasteiger partial charge in [0.25, 0.3) is 21.8 Å². The lowest BCUT2D eigenvalue weighted by Crippen LogP contribution is -2.26. The van der Waals surface area contributed by atoms with Gasteiger partial charge in [-0.3, -0.25) is 13.9 Å². The van der Waals surface area contributed by atoms with Gasteiger partial charge in [0.2, 0.25) is 0 Å². The van der Waals surface area contributed by atoms with Crippen molar-refractivity contribution >= 4 is 38.9 Å². The average Bonchev–Trinajstić information content (AvgIpc) is 2.96. The number of amides is 2. The van der Waals surface area contributed by atoms with Crippen LogP contribution >= 0.6 is 0 Å². The van der Waals surface area contributed by atoms with Crippen molar-refractivity contribution in [2.75, 3.05) is 16.7 Å². The van der Waals surface area contributed by atoms with Crippen LogP contribution in [0, 0.1) is 0 Å². The Morgan fingerprint density at radius 3 is 1.95 bits per heavy atom. The molecule has 2 amide bonds. The van der Waals surface area contributed by atoms with E-state index in [1.54, 1.807) is 79.7 Å². The fourth-order valence-electron chi connectivity index (χ4n) is 3.59. The molecule has 0 atom stereocenters. The number of carbonyl (C=O) groups excluding carboxylic acids is 2. The smallest absolute Gasteiger partial charge is 0.271 e. The number of hydrazone groups is 1. The van der Waals surface area contributed by atoms with Crippen molar-refractivity contribution in [2.45, 2.75) is 11.8 Å². The highest BCUT2D eigenvalue weighted by Gasteiger charge is 2.21. The van der Waals surface area contributed by atoms with Crippen LogP contribution in [0.3, 0.4) is 0 Å². The van der Waals surface area contributed by atoms with Gasteiger partial charge in [0.05, 0.1) is 16.3 Å². The summed E-state index contributed by atoms with van der Waals surface area (Å²) >= 11 is 0. The predicted octanol–water partition coefficient (Wildman–Crippen LogP) is 4.92. The molecule has 0 aromatic heterocycles. The van der Waals surface area contributed by atoms with Gasteiger partial charge in [-0.1, -0.05) is 48.5 Å². The van der Waals surface area contributed by atoms with E-state index in [9.17, 15) is 18.0 Å². The predicted molar refractivity (Wildman–Crippen MR) is 149 cm³/mol. The SMILES string of the molecule is C/C(=N/NC(=O)c1ccc(N(C)S(=O)(=O)c2ccccc2)cc1)c1cccc(NC(=O)c2ccccc2)c1. The third kappa shape index (κ3) is 6.13. The van der Waals surface area contributed by atoms with Gasteiger partial charge in [-0.25, -0.2) is 13.8 Å². The first kappa shape index (κ1) is 26.3. The maximum Gasteiger partial charge on any atom is 0.271 e. The Balaban J connectivity index is 1.41. The first-order chi connectivity index (χ1) is 18.3. The standard InChI is InChI=1S/C29H26N4O4S/c1-21(24-12-9-13-25(20-24)30-28(34)22-10-5-3-6-11-22)31-32-29(35)23-16-18-26(19-17-23)33(2)38(36,37)27-14-7-4-8-15-27/h3-20H,1-2H3,(H,30,34)(H,32,35)/b31-21-. The minimum atomic E-state index is -3.72. The third-order valence-corrected chi connectivity index (χ3v) is 7.59. The molecule has 2 N–H and O–H groups in total. The summed E-state index contributed by atoms with van der Waals surface area (Å²) in [4.78, 5) is 25.2. The maximum atomic E-state index is 12.8. The maximum absolute atomic E-state index is 12.8. The van der Waals surface area contributed by atoms with Gasteiger partial charge in [0.1, 0.15) is 0 Å². The summed E-state index contributed by atoms with van der Waals surface area (Å²) in [6.07, 6.45) is 0. The van der Waals surface area contributed by atoms with Gasteiger partial charge < -0.3 is 5.32 Å². The Morgan fingerprint density at radius 1 is 0.711 bits per heavy atom. The van der Waals surface area contributed by atoms with Crippen LogP contribution in [-0.4, -0.2) is 33.0 Å². The Kier molecular flexibility index (Phi) is 7.98. The van der Waals surface area contributed by atoms with Crippen LogP contribution in [0.15, 0.2) is 119 Å². The lowest BCUT2D eigenvalue weighted by molar-refractivity contribution is 0.0954. The fraction of sp³-hybridized carbons (Fsp3) is 0.0690. The van der Waals surface area contributed by atoms with E-state index in [2.05, 4.69) is 15.8 Å². The summed E-state index contributed by atoms with van der Waals surface area (Å²) in [5.74, 6) is -0.672. The van der Waals surface area contributed by atoms with Crippen LogP contribution in [0.1, 0.15) is 33.2 Å². The molecule has 38 heavy (non-hydrogen) atoms. The average molecular weight is 527 g/mol. The highest BCUT2D eigenvalue weighted by Crippen LogP contribution is 2.22.